The van der Waals surface area contributed by atoms with Crippen LogP contribution < -0.4 is 11.1 Å². The average molecular weight is 292 g/mol. The summed E-state index contributed by atoms with van der Waals surface area (Å²) in [6, 6.07) is 6.45. The van der Waals surface area contributed by atoms with Crippen molar-refractivity contribution >= 4 is 5.91 Å². The SMILES string of the molecule is CC(Cc1ccc(F)cc1)NC(=O)C1(CN)CCCCC1. The standard InChI is InChI=1S/C17H25FN2O/c1-13(11-14-5-7-15(18)8-6-14)20-16(21)17(12-19)9-3-2-4-10-17/h5-8,13H,2-4,9-12,19H2,1H3,(H,20,21). The number of carbonyl (C=O) groups excluding carboxylic acids is 1. The molecule has 0 bridgehead atoms. The highest BCUT2D eigenvalue weighted by molar-refractivity contribution is 5.83. The van der Waals surface area contributed by atoms with Gasteiger partial charge >= 0.3 is 0 Å². The van der Waals surface area contributed by atoms with Crippen LogP contribution in [0.15, 0.2) is 24.3 Å². The van der Waals surface area contributed by atoms with E-state index in [1.54, 1.807) is 12.1 Å². The second-order valence-electron chi connectivity index (χ2n) is 6.25. The van der Waals surface area contributed by atoms with E-state index in [-0.39, 0.29) is 23.2 Å². The highest BCUT2D eigenvalue weighted by Gasteiger charge is 2.38. The summed E-state index contributed by atoms with van der Waals surface area (Å²) < 4.78 is 12.9. The molecule has 1 unspecified atom stereocenters. The normalized spacial score (nSPS) is 19.0. The van der Waals surface area contributed by atoms with E-state index in [0.717, 1.165) is 31.2 Å². The molecule has 21 heavy (non-hydrogen) atoms. The van der Waals surface area contributed by atoms with E-state index in [9.17, 15) is 9.18 Å². The molecule has 3 nitrogen and oxygen atoms in total. The van der Waals surface area contributed by atoms with E-state index in [0.29, 0.717) is 13.0 Å². The lowest BCUT2D eigenvalue weighted by molar-refractivity contribution is -0.133. The van der Waals surface area contributed by atoms with Gasteiger partial charge in [0.15, 0.2) is 0 Å². The molecule has 1 aromatic carbocycles. The fourth-order valence-electron chi connectivity index (χ4n) is 3.15. The Kier molecular flexibility index (Phi) is 5.34. The summed E-state index contributed by atoms with van der Waals surface area (Å²) in [6.45, 7) is 2.40. The van der Waals surface area contributed by atoms with Gasteiger partial charge in [0.25, 0.3) is 0 Å². The molecule has 0 aromatic heterocycles. The molecule has 1 aliphatic rings. The summed E-state index contributed by atoms with van der Waals surface area (Å²) in [5.41, 5.74) is 6.52. The molecule has 0 saturated heterocycles. The number of benzene rings is 1. The predicted molar refractivity (Wildman–Crippen MR) is 82.3 cm³/mol. The van der Waals surface area contributed by atoms with Gasteiger partial charge in [0.1, 0.15) is 5.82 Å². The maximum Gasteiger partial charge on any atom is 0.227 e. The Morgan fingerprint density at radius 2 is 1.90 bits per heavy atom. The van der Waals surface area contributed by atoms with Crippen molar-refractivity contribution < 1.29 is 9.18 Å². The first-order valence-electron chi connectivity index (χ1n) is 7.81. The van der Waals surface area contributed by atoms with Crippen LogP contribution in [0.2, 0.25) is 0 Å². The number of carbonyl (C=O) groups is 1. The van der Waals surface area contributed by atoms with Gasteiger partial charge in [-0.05, 0) is 43.9 Å². The molecule has 1 fully saturated rings. The third-order valence-electron chi connectivity index (χ3n) is 4.52. The van der Waals surface area contributed by atoms with Crippen molar-refractivity contribution in [3.05, 3.63) is 35.6 Å². The maximum atomic E-state index is 12.9. The summed E-state index contributed by atoms with van der Waals surface area (Å²) in [5.74, 6) is -0.154. The topological polar surface area (TPSA) is 55.1 Å². The van der Waals surface area contributed by atoms with Gasteiger partial charge in [0, 0.05) is 12.6 Å². The van der Waals surface area contributed by atoms with Crippen LogP contribution >= 0.6 is 0 Å². The lowest BCUT2D eigenvalue weighted by Gasteiger charge is -2.35. The molecule has 116 valence electrons. The molecule has 1 aromatic rings. The van der Waals surface area contributed by atoms with E-state index in [2.05, 4.69) is 5.32 Å². The van der Waals surface area contributed by atoms with Gasteiger partial charge in [-0.25, -0.2) is 4.39 Å². The quantitative estimate of drug-likeness (QED) is 0.877. The Hall–Kier alpha value is -1.42. The van der Waals surface area contributed by atoms with Crippen molar-refractivity contribution in [2.45, 2.75) is 51.5 Å². The lowest BCUT2D eigenvalue weighted by atomic mass is 9.73. The molecule has 3 N–H and O–H groups in total. The molecule has 1 atom stereocenters. The van der Waals surface area contributed by atoms with Crippen LogP contribution in [0.5, 0.6) is 0 Å². The first-order valence-corrected chi connectivity index (χ1v) is 7.81. The fourth-order valence-corrected chi connectivity index (χ4v) is 3.15. The second kappa shape index (κ2) is 7.03. The van der Waals surface area contributed by atoms with Gasteiger partial charge in [0.05, 0.1) is 5.41 Å². The number of rotatable bonds is 5. The summed E-state index contributed by atoms with van der Waals surface area (Å²) in [7, 11) is 0. The first-order chi connectivity index (χ1) is 10.1. The summed E-state index contributed by atoms with van der Waals surface area (Å²) >= 11 is 0. The average Bonchev–Trinajstić information content (AvgIpc) is 2.50. The summed E-state index contributed by atoms with van der Waals surface area (Å²) in [5, 5.41) is 3.09. The molecule has 1 saturated carbocycles. The molecular weight excluding hydrogens is 267 g/mol. The zero-order chi connectivity index (χ0) is 15.3. The van der Waals surface area contributed by atoms with Gasteiger partial charge in [-0.15, -0.1) is 0 Å². The molecule has 0 radical (unpaired) electrons. The van der Waals surface area contributed by atoms with Gasteiger partial charge < -0.3 is 11.1 Å². The Balaban J connectivity index is 1.93. The third kappa shape index (κ3) is 4.03. The van der Waals surface area contributed by atoms with Gasteiger partial charge in [0.2, 0.25) is 5.91 Å². The Labute approximate surface area is 126 Å². The van der Waals surface area contributed by atoms with E-state index >= 15 is 0 Å². The Morgan fingerprint density at radius 3 is 2.48 bits per heavy atom. The molecule has 4 heteroatoms. The maximum absolute atomic E-state index is 12.9. The van der Waals surface area contributed by atoms with Crippen molar-refractivity contribution in [1.82, 2.24) is 5.32 Å². The van der Waals surface area contributed by atoms with Crippen molar-refractivity contribution in [3.63, 3.8) is 0 Å². The smallest absolute Gasteiger partial charge is 0.227 e. The van der Waals surface area contributed by atoms with Crippen LogP contribution in [-0.2, 0) is 11.2 Å². The van der Waals surface area contributed by atoms with Crippen molar-refractivity contribution in [1.29, 1.82) is 0 Å². The van der Waals surface area contributed by atoms with Crippen LogP contribution in [-0.4, -0.2) is 18.5 Å². The molecule has 2 rings (SSSR count). The van der Waals surface area contributed by atoms with Crippen LogP contribution in [0.1, 0.15) is 44.6 Å². The van der Waals surface area contributed by atoms with Crippen molar-refractivity contribution in [3.8, 4) is 0 Å². The van der Waals surface area contributed by atoms with Crippen LogP contribution in [0, 0.1) is 11.2 Å². The Morgan fingerprint density at radius 1 is 1.29 bits per heavy atom. The number of hydrogen-bond acceptors (Lipinski definition) is 2. The zero-order valence-electron chi connectivity index (χ0n) is 12.7. The zero-order valence-corrected chi connectivity index (χ0v) is 12.7. The number of hydrogen-bond donors (Lipinski definition) is 2. The van der Waals surface area contributed by atoms with Gasteiger partial charge in [-0.3, -0.25) is 4.79 Å². The third-order valence-corrected chi connectivity index (χ3v) is 4.52. The lowest BCUT2D eigenvalue weighted by Crippen LogP contribution is -2.50. The van der Waals surface area contributed by atoms with E-state index in [1.807, 2.05) is 6.92 Å². The minimum atomic E-state index is -0.380. The highest BCUT2D eigenvalue weighted by Crippen LogP contribution is 2.35. The molecular formula is C17H25FN2O. The minimum Gasteiger partial charge on any atom is -0.353 e. The van der Waals surface area contributed by atoms with Crippen LogP contribution in [0.3, 0.4) is 0 Å². The van der Waals surface area contributed by atoms with Crippen molar-refractivity contribution in [2.24, 2.45) is 11.1 Å². The molecule has 0 aliphatic heterocycles. The molecule has 1 amide bonds. The van der Waals surface area contributed by atoms with Gasteiger partial charge in [-0.2, -0.15) is 0 Å². The van der Waals surface area contributed by atoms with Crippen molar-refractivity contribution in [2.75, 3.05) is 6.54 Å². The van der Waals surface area contributed by atoms with Gasteiger partial charge in [-0.1, -0.05) is 31.4 Å². The highest BCUT2D eigenvalue weighted by atomic mass is 19.1. The second-order valence-corrected chi connectivity index (χ2v) is 6.25. The molecule has 1 aliphatic carbocycles. The first kappa shape index (κ1) is 16.0. The minimum absolute atomic E-state index is 0.0216. The summed E-state index contributed by atoms with van der Waals surface area (Å²) in [6.07, 6.45) is 5.83. The van der Waals surface area contributed by atoms with Crippen LogP contribution in [0.4, 0.5) is 4.39 Å². The summed E-state index contributed by atoms with van der Waals surface area (Å²) in [4.78, 5) is 12.6. The monoisotopic (exact) mass is 292 g/mol. The van der Waals surface area contributed by atoms with E-state index in [1.165, 1.54) is 18.6 Å². The number of nitrogens with one attached hydrogen (secondary N) is 1. The largest absolute Gasteiger partial charge is 0.353 e. The number of amides is 1. The van der Waals surface area contributed by atoms with Crippen LogP contribution in [0.25, 0.3) is 0 Å². The Bertz CT molecular complexity index is 466. The predicted octanol–water partition coefficient (Wildman–Crippen LogP) is 2.78. The fraction of sp³-hybridized carbons (Fsp3) is 0.588. The number of halogens is 1. The molecule has 0 heterocycles. The molecule has 0 spiro atoms. The van der Waals surface area contributed by atoms with E-state index in [4.69, 9.17) is 5.73 Å². The number of nitrogens with two attached hydrogens (primary N) is 1. The van der Waals surface area contributed by atoms with E-state index < -0.39 is 0 Å².